The summed E-state index contributed by atoms with van der Waals surface area (Å²) in [5.41, 5.74) is -0.714. The molecule has 20 heavy (non-hydrogen) atoms. The van der Waals surface area contributed by atoms with Crippen molar-refractivity contribution in [2.75, 3.05) is 6.54 Å². The maximum atomic E-state index is 12.8. The van der Waals surface area contributed by atoms with Gasteiger partial charge >= 0.3 is 0 Å². The standard InChI is InChI=1S/C16H28N2O2/c1-5-16(4)15(20)18(9-8-12-6-7-12)13(10-11(2)3)14(19)17-16/h11-13H,5-10H2,1-4H3,(H,17,19). The summed E-state index contributed by atoms with van der Waals surface area (Å²) in [5, 5.41) is 2.95. The van der Waals surface area contributed by atoms with Crippen LogP contribution < -0.4 is 5.32 Å². The molecule has 2 rings (SSSR count). The zero-order chi connectivity index (χ0) is 14.9. The second kappa shape index (κ2) is 5.74. The highest BCUT2D eigenvalue weighted by atomic mass is 16.2. The van der Waals surface area contributed by atoms with Crippen molar-refractivity contribution in [1.29, 1.82) is 0 Å². The van der Waals surface area contributed by atoms with Crippen molar-refractivity contribution in [3.8, 4) is 0 Å². The first-order valence-electron chi connectivity index (χ1n) is 8.00. The average molecular weight is 280 g/mol. The molecule has 2 aliphatic rings. The Morgan fingerprint density at radius 3 is 2.50 bits per heavy atom. The van der Waals surface area contributed by atoms with E-state index in [1.165, 1.54) is 12.8 Å². The summed E-state index contributed by atoms with van der Waals surface area (Å²) in [6, 6.07) is -0.277. The minimum absolute atomic E-state index is 0.0263. The first-order chi connectivity index (χ1) is 9.37. The van der Waals surface area contributed by atoms with Gasteiger partial charge in [-0.2, -0.15) is 0 Å². The monoisotopic (exact) mass is 280 g/mol. The lowest BCUT2D eigenvalue weighted by Gasteiger charge is -2.44. The summed E-state index contributed by atoms with van der Waals surface area (Å²) in [7, 11) is 0. The molecule has 0 aromatic rings. The van der Waals surface area contributed by atoms with E-state index in [1.54, 1.807) is 0 Å². The van der Waals surface area contributed by atoms with Crippen LogP contribution in [0.3, 0.4) is 0 Å². The molecule has 0 radical (unpaired) electrons. The van der Waals surface area contributed by atoms with E-state index >= 15 is 0 Å². The van der Waals surface area contributed by atoms with E-state index in [0.29, 0.717) is 12.3 Å². The molecule has 1 saturated heterocycles. The smallest absolute Gasteiger partial charge is 0.248 e. The molecule has 2 unspecified atom stereocenters. The Labute approximate surface area is 122 Å². The fourth-order valence-electron chi connectivity index (χ4n) is 2.91. The number of hydrogen-bond donors (Lipinski definition) is 1. The van der Waals surface area contributed by atoms with E-state index in [2.05, 4.69) is 19.2 Å². The summed E-state index contributed by atoms with van der Waals surface area (Å²) in [4.78, 5) is 27.0. The Kier molecular flexibility index (Phi) is 4.40. The van der Waals surface area contributed by atoms with E-state index in [1.807, 2.05) is 18.7 Å². The van der Waals surface area contributed by atoms with Crippen LogP contribution in [0, 0.1) is 11.8 Å². The van der Waals surface area contributed by atoms with Crippen molar-refractivity contribution in [3.63, 3.8) is 0 Å². The number of nitrogens with one attached hydrogen (secondary N) is 1. The van der Waals surface area contributed by atoms with Crippen LogP contribution in [0.1, 0.15) is 59.8 Å². The summed E-state index contributed by atoms with van der Waals surface area (Å²) in [6.07, 6.45) is 5.02. The zero-order valence-corrected chi connectivity index (χ0v) is 13.2. The number of rotatable bonds is 6. The van der Waals surface area contributed by atoms with Gasteiger partial charge in [-0.1, -0.05) is 33.6 Å². The lowest BCUT2D eigenvalue weighted by atomic mass is 9.89. The van der Waals surface area contributed by atoms with Gasteiger partial charge in [-0.3, -0.25) is 9.59 Å². The van der Waals surface area contributed by atoms with Gasteiger partial charge in [-0.15, -0.1) is 0 Å². The molecule has 1 N–H and O–H groups in total. The number of carbonyl (C=O) groups excluding carboxylic acids is 2. The summed E-state index contributed by atoms with van der Waals surface area (Å²) >= 11 is 0. The Balaban J connectivity index is 2.15. The first kappa shape index (κ1) is 15.3. The number of hydrogen-bond acceptors (Lipinski definition) is 2. The van der Waals surface area contributed by atoms with Crippen molar-refractivity contribution in [3.05, 3.63) is 0 Å². The van der Waals surface area contributed by atoms with Crippen LogP contribution in [-0.2, 0) is 9.59 Å². The Hall–Kier alpha value is -1.06. The average Bonchev–Trinajstić information content (AvgIpc) is 3.19. The summed E-state index contributed by atoms with van der Waals surface area (Å²) in [6.45, 7) is 8.75. The highest BCUT2D eigenvalue weighted by molar-refractivity contribution is 5.99. The van der Waals surface area contributed by atoms with E-state index in [-0.39, 0.29) is 17.9 Å². The van der Waals surface area contributed by atoms with Gasteiger partial charge in [0.25, 0.3) is 0 Å². The van der Waals surface area contributed by atoms with Gasteiger partial charge in [0.15, 0.2) is 0 Å². The topological polar surface area (TPSA) is 49.4 Å². The van der Waals surface area contributed by atoms with Crippen molar-refractivity contribution in [2.24, 2.45) is 11.8 Å². The summed E-state index contributed by atoms with van der Waals surface area (Å²) < 4.78 is 0. The molecule has 0 bridgehead atoms. The third kappa shape index (κ3) is 3.15. The lowest BCUT2D eigenvalue weighted by Crippen LogP contribution is -2.69. The number of nitrogens with zero attached hydrogens (tertiary/aromatic N) is 1. The zero-order valence-electron chi connectivity index (χ0n) is 13.2. The second-order valence-electron chi connectivity index (χ2n) is 7.05. The van der Waals surface area contributed by atoms with E-state index in [4.69, 9.17) is 0 Å². The third-order valence-corrected chi connectivity index (χ3v) is 4.69. The van der Waals surface area contributed by atoms with Crippen molar-refractivity contribution in [2.45, 2.75) is 71.4 Å². The Morgan fingerprint density at radius 2 is 2.00 bits per heavy atom. The van der Waals surface area contributed by atoms with Crippen LogP contribution in [0.15, 0.2) is 0 Å². The molecule has 1 aliphatic carbocycles. The van der Waals surface area contributed by atoms with E-state index < -0.39 is 5.54 Å². The van der Waals surface area contributed by atoms with Crippen LogP contribution in [-0.4, -0.2) is 34.8 Å². The molecule has 2 fully saturated rings. The molecule has 2 amide bonds. The molecule has 1 heterocycles. The molecule has 4 heteroatoms. The predicted octanol–water partition coefficient (Wildman–Crippen LogP) is 2.33. The van der Waals surface area contributed by atoms with Crippen LogP contribution in [0.25, 0.3) is 0 Å². The number of piperazine rings is 1. The SMILES string of the molecule is CCC1(C)NC(=O)C(CC(C)C)N(CCC2CC2)C1=O. The van der Waals surface area contributed by atoms with E-state index in [0.717, 1.165) is 25.3 Å². The fraction of sp³-hybridized carbons (Fsp3) is 0.875. The molecular weight excluding hydrogens is 252 g/mol. The van der Waals surface area contributed by atoms with Gasteiger partial charge in [-0.25, -0.2) is 0 Å². The molecule has 114 valence electrons. The second-order valence-corrected chi connectivity index (χ2v) is 7.05. The minimum Gasteiger partial charge on any atom is -0.340 e. The first-order valence-corrected chi connectivity index (χ1v) is 8.00. The maximum Gasteiger partial charge on any atom is 0.248 e. The molecule has 0 aromatic carbocycles. The molecule has 0 aromatic heterocycles. The fourth-order valence-corrected chi connectivity index (χ4v) is 2.91. The van der Waals surface area contributed by atoms with Crippen molar-refractivity contribution < 1.29 is 9.59 Å². The lowest BCUT2D eigenvalue weighted by molar-refractivity contribution is -0.155. The third-order valence-electron chi connectivity index (χ3n) is 4.69. The van der Waals surface area contributed by atoms with Gasteiger partial charge < -0.3 is 10.2 Å². The normalized spacial score (nSPS) is 30.9. The van der Waals surface area contributed by atoms with Crippen LogP contribution in [0.5, 0.6) is 0 Å². The number of carbonyl (C=O) groups is 2. The van der Waals surface area contributed by atoms with Crippen LogP contribution in [0.2, 0.25) is 0 Å². The minimum atomic E-state index is -0.714. The van der Waals surface area contributed by atoms with Gasteiger partial charge in [0.1, 0.15) is 11.6 Å². The van der Waals surface area contributed by atoms with Crippen LogP contribution in [0.4, 0.5) is 0 Å². The highest BCUT2D eigenvalue weighted by Gasteiger charge is 2.47. The van der Waals surface area contributed by atoms with E-state index in [9.17, 15) is 9.59 Å². The van der Waals surface area contributed by atoms with Gasteiger partial charge in [0.05, 0.1) is 0 Å². The molecule has 4 nitrogen and oxygen atoms in total. The molecule has 1 aliphatic heterocycles. The van der Waals surface area contributed by atoms with Crippen molar-refractivity contribution >= 4 is 11.8 Å². The predicted molar refractivity (Wildman–Crippen MR) is 79.1 cm³/mol. The van der Waals surface area contributed by atoms with Gasteiger partial charge in [0, 0.05) is 6.54 Å². The van der Waals surface area contributed by atoms with Crippen LogP contribution >= 0.6 is 0 Å². The quantitative estimate of drug-likeness (QED) is 0.812. The van der Waals surface area contributed by atoms with Crippen molar-refractivity contribution in [1.82, 2.24) is 10.2 Å². The molecule has 2 atom stereocenters. The number of amides is 2. The highest BCUT2D eigenvalue weighted by Crippen LogP contribution is 2.34. The molecule has 1 saturated carbocycles. The van der Waals surface area contributed by atoms with Gasteiger partial charge in [-0.05, 0) is 38.0 Å². The summed E-state index contributed by atoms with van der Waals surface area (Å²) in [5.74, 6) is 1.32. The maximum absolute atomic E-state index is 12.8. The van der Waals surface area contributed by atoms with Gasteiger partial charge in [0.2, 0.25) is 11.8 Å². The largest absolute Gasteiger partial charge is 0.340 e. The Morgan fingerprint density at radius 1 is 1.35 bits per heavy atom. The molecule has 0 spiro atoms. The molecular formula is C16H28N2O2. The Bertz CT molecular complexity index is 390.